The number of aliphatic hydroxyl groups excluding tert-OH is 1. The largest absolute Gasteiger partial charge is 0.506 e. The quantitative estimate of drug-likeness (QED) is 0.699. The molecule has 0 radical (unpaired) electrons. The van der Waals surface area contributed by atoms with E-state index in [1.807, 2.05) is 13.8 Å². The molecule has 0 saturated heterocycles. The van der Waals surface area contributed by atoms with Crippen molar-refractivity contribution in [3.05, 3.63) is 53.1 Å². The molecule has 1 aliphatic rings. The van der Waals surface area contributed by atoms with Crippen LogP contribution in [0.1, 0.15) is 41.3 Å². The molecule has 0 spiro atoms. The van der Waals surface area contributed by atoms with E-state index in [9.17, 15) is 20.1 Å². The van der Waals surface area contributed by atoms with Gasteiger partial charge in [-0.25, -0.2) is 0 Å². The fraction of sp³-hybridized carbons (Fsp3) is 0.286. The molecule has 0 aromatic heterocycles. The van der Waals surface area contributed by atoms with E-state index in [0.717, 1.165) is 0 Å². The number of rotatable bonds is 5. The molecule has 0 aliphatic carbocycles. The predicted molar refractivity (Wildman–Crippen MR) is 101 cm³/mol. The number of ether oxygens (including phenoxy) is 2. The SMILES string of the molecule is COc1cc(C(CO)C(=O)c2ccc3c(c2O)C=CC(C)(C)O3)ccc1O. The van der Waals surface area contributed by atoms with Crippen LogP contribution in [0.4, 0.5) is 0 Å². The molecular formula is C21H22O6. The van der Waals surface area contributed by atoms with Crippen LogP contribution in [0.5, 0.6) is 23.0 Å². The number of ketones is 1. The number of phenolic OH excluding ortho intramolecular Hbond substituents is 2. The van der Waals surface area contributed by atoms with E-state index < -0.39 is 23.9 Å². The molecule has 1 unspecified atom stereocenters. The highest BCUT2D eigenvalue weighted by atomic mass is 16.5. The number of hydrogen-bond acceptors (Lipinski definition) is 6. The molecule has 6 nitrogen and oxygen atoms in total. The first-order chi connectivity index (χ1) is 12.8. The second kappa shape index (κ2) is 6.96. The summed E-state index contributed by atoms with van der Waals surface area (Å²) in [5.41, 5.74) is 0.497. The van der Waals surface area contributed by atoms with Gasteiger partial charge in [-0.3, -0.25) is 4.79 Å². The molecule has 0 saturated carbocycles. The molecule has 3 rings (SSSR count). The maximum absolute atomic E-state index is 13.0. The van der Waals surface area contributed by atoms with Crippen LogP contribution in [0.15, 0.2) is 36.4 Å². The summed E-state index contributed by atoms with van der Waals surface area (Å²) in [5.74, 6) is -0.909. The van der Waals surface area contributed by atoms with Crippen molar-refractivity contribution in [1.82, 2.24) is 0 Å². The smallest absolute Gasteiger partial charge is 0.176 e. The van der Waals surface area contributed by atoms with Crippen LogP contribution in [0, 0.1) is 0 Å². The van der Waals surface area contributed by atoms with Gasteiger partial charge in [0.15, 0.2) is 17.3 Å². The molecule has 0 amide bonds. The second-order valence-electron chi connectivity index (χ2n) is 6.94. The highest BCUT2D eigenvalue weighted by molar-refractivity contribution is 6.04. The maximum Gasteiger partial charge on any atom is 0.176 e. The van der Waals surface area contributed by atoms with Gasteiger partial charge in [-0.2, -0.15) is 0 Å². The molecule has 27 heavy (non-hydrogen) atoms. The van der Waals surface area contributed by atoms with Gasteiger partial charge in [0.05, 0.1) is 30.8 Å². The molecule has 2 aromatic carbocycles. The third-order valence-corrected chi connectivity index (χ3v) is 4.57. The lowest BCUT2D eigenvalue weighted by Gasteiger charge is -2.28. The number of fused-ring (bicyclic) bond motifs is 1. The lowest BCUT2D eigenvalue weighted by atomic mass is 9.89. The van der Waals surface area contributed by atoms with Gasteiger partial charge in [0.1, 0.15) is 17.1 Å². The molecular weight excluding hydrogens is 348 g/mol. The van der Waals surface area contributed by atoms with E-state index in [4.69, 9.17) is 9.47 Å². The Labute approximate surface area is 157 Å². The molecule has 1 atom stereocenters. The van der Waals surface area contributed by atoms with E-state index in [1.54, 1.807) is 18.2 Å². The first-order valence-corrected chi connectivity index (χ1v) is 8.53. The summed E-state index contributed by atoms with van der Waals surface area (Å²) in [6, 6.07) is 7.56. The van der Waals surface area contributed by atoms with Crippen molar-refractivity contribution in [3.8, 4) is 23.0 Å². The Kier molecular flexibility index (Phi) is 4.85. The van der Waals surface area contributed by atoms with Crippen molar-refractivity contribution in [1.29, 1.82) is 0 Å². The zero-order valence-corrected chi connectivity index (χ0v) is 15.4. The van der Waals surface area contributed by atoms with E-state index in [2.05, 4.69) is 0 Å². The third-order valence-electron chi connectivity index (χ3n) is 4.57. The van der Waals surface area contributed by atoms with Crippen LogP contribution < -0.4 is 9.47 Å². The maximum atomic E-state index is 13.0. The van der Waals surface area contributed by atoms with Gasteiger partial charge in [0.25, 0.3) is 0 Å². The van der Waals surface area contributed by atoms with Crippen molar-refractivity contribution < 1.29 is 29.6 Å². The van der Waals surface area contributed by atoms with Gasteiger partial charge in [-0.15, -0.1) is 0 Å². The van der Waals surface area contributed by atoms with Crippen LogP contribution in [0.2, 0.25) is 0 Å². The van der Waals surface area contributed by atoms with Gasteiger partial charge in [0.2, 0.25) is 0 Å². The third kappa shape index (κ3) is 3.48. The monoisotopic (exact) mass is 370 g/mol. The van der Waals surface area contributed by atoms with Gasteiger partial charge in [-0.1, -0.05) is 6.07 Å². The van der Waals surface area contributed by atoms with Gasteiger partial charge >= 0.3 is 0 Å². The van der Waals surface area contributed by atoms with Crippen LogP contribution in [0.25, 0.3) is 6.08 Å². The van der Waals surface area contributed by atoms with Crippen LogP contribution in [0.3, 0.4) is 0 Å². The Balaban J connectivity index is 2.00. The summed E-state index contributed by atoms with van der Waals surface area (Å²) in [4.78, 5) is 13.0. The molecule has 1 heterocycles. The average Bonchev–Trinajstić information content (AvgIpc) is 2.62. The number of aliphatic hydroxyl groups is 1. The number of benzene rings is 2. The van der Waals surface area contributed by atoms with Crippen LogP contribution in [-0.2, 0) is 0 Å². The second-order valence-corrected chi connectivity index (χ2v) is 6.94. The van der Waals surface area contributed by atoms with Crippen molar-refractivity contribution in [3.63, 3.8) is 0 Å². The summed E-state index contributed by atoms with van der Waals surface area (Å²) >= 11 is 0. The molecule has 1 aliphatic heterocycles. The van der Waals surface area contributed by atoms with Crippen molar-refractivity contribution in [2.45, 2.75) is 25.4 Å². The summed E-state index contributed by atoms with van der Waals surface area (Å²) in [6.45, 7) is 3.33. The Morgan fingerprint density at radius 3 is 2.63 bits per heavy atom. The Bertz CT molecular complexity index is 913. The van der Waals surface area contributed by atoms with E-state index in [1.165, 1.54) is 31.4 Å². The number of phenols is 2. The molecule has 2 aromatic rings. The van der Waals surface area contributed by atoms with Gasteiger partial charge in [0, 0.05) is 0 Å². The lowest BCUT2D eigenvalue weighted by molar-refractivity contribution is 0.0919. The fourth-order valence-corrected chi connectivity index (χ4v) is 3.08. The topological polar surface area (TPSA) is 96.2 Å². The summed E-state index contributed by atoms with van der Waals surface area (Å²) in [7, 11) is 1.40. The molecule has 0 fully saturated rings. The number of aromatic hydroxyl groups is 2. The lowest BCUT2D eigenvalue weighted by Crippen LogP contribution is -2.27. The number of carbonyl (C=O) groups is 1. The minimum absolute atomic E-state index is 0.0630. The normalized spacial score (nSPS) is 15.6. The Morgan fingerprint density at radius 1 is 1.22 bits per heavy atom. The number of Topliss-reactive ketones (excluding diaryl/α,β-unsaturated/α-hetero) is 1. The van der Waals surface area contributed by atoms with E-state index in [0.29, 0.717) is 16.9 Å². The minimum atomic E-state index is -0.909. The molecule has 142 valence electrons. The molecule has 0 bridgehead atoms. The molecule has 3 N–H and O–H groups in total. The summed E-state index contributed by atoms with van der Waals surface area (Å²) in [6.07, 6.45) is 3.53. The fourth-order valence-electron chi connectivity index (χ4n) is 3.08. The number of carbonyl (C=O) groups excluding carboxylic acids is 1. The summed E-state index contributed by atoms with van der Waals surface area (Å²) < 4.78 is 10.9. The molecule has 6 heteroatoms. The zero-order valence-electron chi connectivity index (χ0n) is 15.4. The Hall–Kier alpha value is -2.99. The number of hydrogen-bond donors (Lipinski definition) is 3. The van der Waals surface area contributed by atoms with Crippen LogP contribution in [-0.4, -0.2) is 40.4 Å². The van der Waals surface area contributed by atoms with Crippen molar-refractivity contribution >= 4 is 11.9 Å². The predicted octanol–water partition coefficient (Wildman–Crippen LogP) is 3.25. The van der Waals surface area contributed by atoms with E-state index >= 15 is 0 Å². The standard InChI is InChI=1S/C21H22O6/c1-21(2)9-8-13-17(27-21)7-5-14(19(13)24)20(25)15(11-22)12-4-6-16(23)18(10-12)26-3/h4-10,15,22-24H,11H2,1-3H3. The van der Waals surface area contributed by atoms with E-state index in [-0.39, 0.29) is 22.8 Å². The Morgan fingerprint density at radius 2 is 1.96 bits per heavy atom. The van der Waals surface area contributed by atoms with Gasteiger partial charge < -0.3 is 24.8 Å². The number of methoxy groups -OCH3 is 1. The first kappa shape index (κ1) is 18.8. The zero-order chi connectivity index (χ0) is 19.8. The summed E-state index contributed by atoms with van der Waals surface area (Å²) in [5, 5.41) is 30.1. The van der Waals surface area contributed by atoms with Crippen molar-refractivity contribution in [2.24, 2.45) is 0 Å². The van der Waals surface area contributed by atoms with Crippen LogP contribution >= 0.6 is 0 Å². The van der Waals surface area contributed by atoms with Crippen molar-refractivity contribution in [2.75, 3.05) is 13.7 Å². The first-order valence-electron chi connectivity index (χ1n) is 8.53. The highest BCUT2D eigenvalue weighted by Gasteiger charge is 2.29. The highest BCUT2D eigenvalue weighted by Crippen LogP contribution is 2.40. The average molecular weight is 370 g/mol. The van der Waals surface area contributed by atoms with Gasteiger partial charge in [-0.05, 0) is 55.8 Å². The minimum Gasteiger partial charge on any atom is -0.506 e.